The van der Waals surface area contributed by atoms with E-state index in [2.05, 4.69) is 20.4 Å². The monoisotopic (exact) mass is 397 g/mol. The molecule has 8 nitrogen and oxygen atoms in total. The molecule has 0 unspecified atom stereocenters. The summed E-state index contributed by atoms with van der Waals surface area (Å²) in [5, 5.41) is 17.6. The van der Waals surface area contributed by atoms with Gasteiger partial charge >= 0.3 is 0 Å². The Morgan fingerprint density at radius 2 is 1.82 bits per heavy atom. The van der Waals surface area contributed by atoms with Crippen molar-refractivity contribution in [2.45, 2.75) is 24.8 Å². The Labute approximate surface area is 165 Å². The lowest BCUT2D eigenvalue weighted by Gasteiger charge is -2.04. The Balaban J connectivity index is 1.47. The zero-order valence-electron chi connectivity index (χ0n) is 16.0. The molecule has 3 aromatic heterocycles. The molecule has 144 valence electrons. The second-order valence-corrected chi connectivity index (χ2v) is 7.15. The van der Waals surface area contributed by atoms with Crippen molar-refractivity contribution in [1.29, 1.82) is 0 Å². The molecule has 0 fully saturated rings. The van der Waals surface area contributed by atoms with Crippen molar-refractivity contribution in [2.24, 2.45) is 7.05 Å². The second-order valence-electron chi connectivity index (χ2n) is 6.21. The standard InChI is InChI=1S/C19H19N5O3S/c1-11-9-15(12(2)26-11)18-22-20-16(27-18)10-28-19-23-21-17(24(19)3)13-5-7-14(25-4)8-6-13/h5-9H,10H2,1-4H3. The van der Waals surface area contributed by atoms with Gasteiger partial charge in [0.05, 0.1) is 18.4 Å². The fourth-order valence-electron chi connectivity index (χ4n) is 2.82. The van der Waals surface area contributed by atoms with E-state index in [0.717, 1.165) is 39.4 Å². The summed E-state index contributed by atoms with van der Waals surface area (Å²) in [5.74, 6) is 4.63. The molecular weight excluding hydrogens is 378 g/mol. The Kier molecular flexibility index (Phi) is 4.91. The van der Waals surface area contributed by atoms with E-state index in [1.807, 2.05) is 55.8 Å². The Bertz CT molecular complexity index is 1100. The summed E-state index contributed by atoms with van der Waals surface area (Å²) in [6.07, 6.45) is 0. The van der Waals surface area contributed by atoms with Crippen molar-refractivity contribution in [3.8, 4) is 28.6 Å². The summed E-state index contributed by atoms with van der Waals surface area (Å²) in [7, 11) is 3.57. The fraction of sp³-hybridized carbons (Fsp3) is 0.263. The summed E-state index contributed by atoms with van der Waals surface area (Å²) in [6.45, 7) is 3.76. The molecule has 9 heteroatoms. The number of nitrogens with zero attached hydrogens (tertiary/aromatic N) is 5. The third-order valence-electron chi connectivity index (χ3n) is 4.25. The van der Waals surface area contributed by atoms with Gasteiger partial charge in [0.15, 0.2) is 11.0 Å². The van der Waals surface area contributed by atoms with Crippen LogP contribution < -0.4 is 4.74 Å². The minimum atomic E-state index is 0.460. The van der Waals surface area contributed by atoms with Crippen molar-refractivity contribution < 1.29 is 13.6 Å². The van der Waals surface area contributed by atoms with Crippen LogP contribution in [0, 0.1) is 13.8 Å². The van der Waals surface area contributed by atoms with E-state index in [1.54, 1.807) is 7.11 Å². The number of rotatable bonds is 6. The van der Waals surface area contributed by atoms with E-state index in [4.69, 9.17) is 13.6 Å². The van der Waals surface area contributed by atoms with Gasteiger partial charge in [0, 0.05) is 12.6 Å². The molecule has 0 N–H and O–H groups in total. The molecule has 0 spiro atoms. The van der Waals surface area contributed by atoms with Crippen LogP contribution in [0.2, 0.25) is 0 Å². The molecule has 0 saturated carbocycles. The minimum Gasteiger partial charge on any atom is -0.497 e. The maximum absolute atomic E-state index is 5.77. The number of hydrogen-bond acceptors (Lipinski definition) is 8. The van der Waals surface area contributed by atoms with Crippen LogP contribution >= 0.6 is 11.8 Å². The van der Waals surface area contributed by atoms with Crippen LogP contribution in [0.3, 0.4) is 0 Å². The van der Waals surface area contributed by atoms with Gasteiger partial charge < -0.3 is 18.1 Å². The molecule has 1 aromatic carbocycles. The number of ether oxygens (including phenoxy) is 1. The maximum atomic E-state index is 5.77. The quantitative estimate of drug-likeness (QED) is 0.450. The molecule has 4 rings (SSSR count). The van der Waals surface area contributed by atoms with E-state index in [0.29, 0.717) is 17.5 Å². The van der Waals surface area contributed by atoms with Crippen LogP contribution in [0.4, 0.5) is 0 Å². The number of aryl methyl sites for hydroxylation is 2. The lowest BCUT2D eigenvalue weighted by Crippen LogP contribution is -1.95. The summed E-state index contributed by atoms with van der Waals surface area (Å²) in [6, 6.07) is 9.60. The maximum Gasteiger partial charge on any atom is 0.251 e. The van der Waals surface area contributed by atoms with Gasteiger partial charge in [-0.25, -0.2) is 0 Å². The number of methoxy groups -OCH3 is 1. The second kappa shape index (κ2) is 7.51. The molecule has 0 bridgehead atoms. The molecule has 0 saturated heterocycles. The molecule has 0 aliphatic rings. The predicted octanol–water partition coefficient (Wildman–Crippen LogP) is 4.04. The summed E-state index contributed by atoms with van der Waals surface area (Å²) >= 11 is 1.49. The van der Waals surface area contributed by atoms with E-state index in [1.165, 1.54) is 11.8 Å². The highest BCUT2D eigenvalue weighted by Gasteiger charge is 2.16. The molecule has 28 heavy (non-hydrogen) atoms. The molecule has 0 amide bonds. The predicted molar refractivity (Wildman–Crippen MR) is 104 cm³/mol. The van der Waals surface area contributed by atoms with Gasteiger partial charge in [0.25, 0.3) is 5.89 Å². The SMILES string of the molecule is COc1ccc(-c2nnc(SCc3nnc(-c4cc(C)oc4C)o3)n2C)cc1. The number of benzene rings is 1. The van der Waals surface area contributed by atoms with Gasteiger partial charge in [0.1, 0.15) is 17.3 Å². The summed E-state index contributed by atoms with van der Waals surface area (Å²) in [4.78, 5) is 0. The van der Waals surface area contributed by atoms with E-state index in [-0.39, 0.29) is 0 Å². The van der Waals surface area contributed by atoms with Gasteiger partial charge in [-0.3, -0.25) is 0 Å². The van der Waals surface area contributed by atoms with Crippen molar-refractivity contribution in [3.63, 3.8) is 0 Å². The Morgan fingerprint density at radius 3 is 2.50 bits per heavy atom. The molecule has 0 radical (unpaired) electrons. The van der Waals surface area contributed by atoms with Crippen LogP contribution in [-0.2, 0) is 12.8 Å². The van der Waals surface area contributed by atoms with E-state index in [9.17, 15) is 0 Å². The van der Waals surface area contributed by atoms with E-state index < -0.39 is 0 Å². The highest BCUT2D eigenvalue weighted by Crippen LogP contribution is 2.29. The first-order valence-electron chi connectivity index (χ1n) is 8.61. The number of thioether (sulfide) groups is 1. The fourth-order valence-corrected chi connectivity index (χ4v) is 3.57. The smallest absolute Gasteiger partial charge is 0.251 e. The van der Waals surface area contributed by atoms with Crippen molar-refractivity contribution in [2.75, 3.05) is 7.11 Å². The summed E-state index contributed by atoms with van der Waals surface area (Å²) < 4.78 is 18.4. The van der Waals surface area contributed by atoms with E-state index >= 15 is 0 Å². The molecule has 0 atom stereocenters. The number of hydrogen-bond donors (Lipinski definition) is 0. The topological polar surface area (TPSA) is 92.0 Å². The lowest BCUT2D eigenvalue weighted by atomic mass is 10.2. The third-order valence-corrected chi connectivity index (χ3v) is 5.25. The Morgan fingerprint density at radius 1 is 1.04 bits per heavy atom. The third kappa shape index (κ3) is 3.53. The number of aromatic nitrogens is 5. The molecule has 0 aliphatic heterocycles. The first-order chi connectivity index (χ1) is 13.5. The first-order valence-corrected chi connectivity index (χ1v) is 9.60. The highest BCUT2D eigenvalue weighted by molar-refractivity contribution is 7.98. The zero-order chi connectivity index (χ0) is 19.7. The molecular formula is C19H19N5O3S. The average molecular weight is 397 g/mol. The Hall–Kier alpha value is -3.07. The van der Waals surface area contributed by atoms with Crippen molar-refractivity contribution in [3.05, 3.63) is 47.7 Å². The minimum absolute atomic E-state index is 0.460. The van der Waals surface area contributed by atoms with Gasteiger partial charge in [0.2, 0.25) is 5.89 Å². The van der Waals surface area contributed by atoms with Crippen LogP contribution in [0.25, 0.3) is 22.8 Å². The average Bonchev–Trinajstić information content (AvgIpc) is 3.39. The van der Waals surface area contributed by atoms with Gasteiger partial charge in [-0.1, -0.05) is 11.8 Å². The normalized spacial score (nSPS) is 11.1. The van der Waals surface area contributed by atoms with Crippen LogP contribution in [-0.4, -0.2) is 32.1 Å². The van der Waals surface area contributed by atoms with Crippen LogP contribution in [0.5, 0.6) is 5.75 Å². The van der Waals surface area contributed by atoms with Crippen LogP contribution in [0.1, 0.15) is 17.4 Å². The highest BCUT2D eigenvalue weighted by atomic mass is 32.2. The van der Waals surface area contributed by atoms with Gasteiger partial charge in [-0.15, -0.1) is 20.4 Å². The zero-order valence-corrected chi connectivity index (χ0v) is 16.8. The van der Waals surface area contributed by atoms with Gasteiger partial charge in [-0.05, 0) is 44.2 Å². The first kappa shape index (κ1) is 18.3. The van der Waals surface area contributed by atoms with Crippen molar-refractivity contribution in [1.82, 2.24) is 25.0 Å². The van der Waals surface area contributed by atoms with Crippen LogP contribution in [0.15, 0.2) is 44.3 Å². The molecule has 4 aromatic rings. The molecule has 3 heterocycles. The van der Waals surface area contributed by atoms with Crippen molar-refractivity contribution >= 4 is 11.8 Å². The summed E-state index contributed by atoms with van der Waals surface area (Å²) in [5.41, 5.74) is 1.79. The largest absolute Gasteiger partial charge is 0.497 e. The van der Waals surface area contributed by atoms with Gasteiger partial charge in [-0.2, -0.15) is 0 Å². The molecule has 0 aliphatic carbocycles. The number of furan rings is 1. The lowest BCUT2D eigenvalue weighted by molar-refractivity contribution is 0.415.